The zero-order valence-electron chi connectivity index (χ0n) is 12.9. The highest BCUT2D eigenvalue weighted by molar-refractivity contribution is 9.10. The lowest BCUT2D eigenvalue weighted by Gasteiger charge is -2.08. The summed E-state index contributed by atoms with van der Waals surface area (Å²) in [7, 11) is 1.08. The molecular formula is C17H11BrF2N2O3. The molecule has 0 radical (unpaired) electrons. The maximum Gasteiger partial charge on any atom is 0.340 e. The number of nitrogens with zero attached hydrogens (tertiary/aromatic N) is 1. The average molecular weight is 409 g/mol. The first-order valence-corrected chi connectivity index (χ1v) is 7.93. The number of fused-ring (bicyclic) bond motifs is 1. The first-order valence-electron chi connectivity index (χ1n) is 7.13. The van der Waals surface area contributed by atoms with Crippen molar-refractivity contribution >= 4 is 32.7 Å². The number of H-pyrrole nitrogens is 1. The van der Waals surface area contributed by atoms with Gasteiger partial charge in [0.15, 0.2) is 11.6 Å². The fourth-order valence-electron chi connectivity index (χ4n) is 2.53. The SMILES string of the molecule is COC(=O)c1cc(Cc2n[nH]c(=O)c3ccc(Br)cc23)cc(F)c1F. The molecule has 0 amide bonds. The maximum atomic E-state index is 13.8. The van der Waals surface area contributed by atoms with Gasteiger partial charge in [0.2, 0.25) is 0 Å². The second-order valence-electron chi connectivity index (χ2n) is 5.30. The highest BCUT2D eigenvalue weighted by atomic mass is 79.9. The first kappa shape index (κ1) is 17.2. The molecule has 0 saturated carbocycles. The van der Waals surface area contributed by atoms with Crippen LogP contribution in [0.4, 0.5) is 8.78 Å². The van der Waals surface area contributed by atoms with Crippen LogP contribution in [0.3, 0.4) is 0 Å². The molecule has 5 nitrogen and oxygen atoms in total. The van der Waals surface area contributed by atoms with Crippen LogP contribution in [0.1, 0.15) is 21.6 Å². The Kier molecular flexibility index (Phi) is 4.63. The number of aromatic amines is 1. The number of carbonyl (C=O) groups excluding carboxylic acids is 1. The van der Waals surface area contributed by atoms with Gasteiger partial charge < -0.3 is 4.74 Å². The molecule has 2 aromatic carbocycles. The second kappa shape index (κ2) is 6.72. The van der Waals surface area contributed by atoms with Crippen LogP contribution in [-0.2, 0) is 11.2 Å². The minimum absolute atomic E-state index is 0.0882. The number of aromatic nitrogens is 2. The van der Waals surface area contributed by atoms with Crippen molar-refractivity contribution in [2.45, 2.75) is 6.42 Å². The first-order chi connectivity index (χ1) is 11.9. The molecule has 0 bridgehead atoms. The van der Waals surface area contributed by atoms with Gasteiger partial charge in [-0.25, -0.2) is 18.7 Å². The van der Waals surface area contributed by atoms with Crippen LogP contribution in [-0.4, -0.2) is 23.3 Å². The number of esters is 1. The third-order valence-electron chi connectivity index (χ3n) is 3.69. The fraction of sp³-hybridized carbons (Fsp3) is 0.118. The molecule has 1 N–H and O–H groups in total. The molecule has 3 aromatic rings. The Labute approximate surface area is 148 Å². The number of benzene rings is 2. The third-order valence-corrected chi connectivity index (χ3v) is 4.19. The van der Waals surface area contributed by atoms with E-state index in [0.29, 0.717) is 22.0 Å². The Morgan fingerprint density at radius 2 is 2.00 bits per heavy atom. The Morgan fingerprint density at radius 1 is 1.24 bits per heavy atom. The van der Waals surface area contributed by atoms with E-state index >= 15 is 0 Å². The van der Waals surface area contributed by atoms with Crippen molar-refractivity contribution in [3.8, 4) is 0 Å². The number of ether oxygens (including phenoxy) is 1. The van der Waals surface area contributed by atoms with Crippen LogP contribution in [0.15, 0.2) is 39.6 Å². The molecule has 8 heteroatoms. The van der Waals surface area contributed by atoms with E-state index in [9.17, 15) is 18.4 Å². The highest BCUT2D eigenvalue weighted by Crippen LogP contribution is 2.23. The monoisotopic (exact) mass is 408 g/mol. The molecule has 1 heterocycles. The predicted molar refractivity (Wildman–Crippen MR) is 90.6 cm³/mol. The maximum absolute atomic E-state index is 13.8. The Hall–Kier alpha value is -2.61. The number of carbonyl (C=O) groups is 1. The standard InChI is InChI=1S/C17H11BrF2N2O3/c1-25-17(24)12-4-8(5-13(19)15(12)20)6-14-11-7-9(18)2-3-10(11)16(23)22-21-14/h2-5,7H,6H2,1H3,(H,22,23). The van der Waals surface area contributed by atoms with Crippen molar-refractivity contribution < 1.29 is 18.3 Å². The number of rotatable bonds is 3. The van der Waals surface area contributed by atoms with Crippen molar-refractivity contribution in [3.63, 3.8) is 0 Å². The summed E-state index contributed by atoms with van der Waals surface area (Å²) in [6, 6.07) is 7.26. The van der Waals surface area contributed by atoms with Crippen molar-refractivity contribution in [2.24, 2.45) is 0 Å². The number of hydrogen-bond acceptors (Lipinski definition) is 4. The molecule has 0 saturated heterocycles. The molecule has 0 aliphatic carbocycles. The molecule has 0 spiro atoms. The van der Waals surface area contributed by atoms with Crippen molar-refractivity contribution in [2.75, 3.05) is 7.11 Å². The Balaban J connectivity index is 2.12. The predicted octanol–water partition coefficient (Wildman–Crippen LogP) is 3.34. The molecule has 0 atom stereocenters. The zero-order chi connectivity index (χ0) is 18.1. The average Bonchev–Trinajstić information content (AvgIpc) is 2.59. The van der Waals surface area contributed by atoms with Crippen LogP contribution >= 0.6 is 15.9 Å². The molecule has 25 heavy (non-hydrogen) atoms. The van der Waals surface area contributed by atoms with Gasteiger partial charge in [-0.2, -0.15) is 5.10 Å². The summed E-state index contributed by atoms with van der Waals surface area (Å²) in [5.41, 5.74) is -0.0722. The van der Waals surface area contributed by atoms with Gasteiger partial charge in [-0.1, -0.05) is 15.9 Å². The van der Waals surface area contributed by atoms with Gasteiger partial charge in [-0.15, -0.1) is 0 Å². The van der Waals surface area contributed by atoms with Gasteiger partial charge in [0.05, 0.1) is 23.8 Å². The van der Waals surface area contributed by atoms with E-state index in [1.54, 1.807) is 18.2 Å². The summed E-state index contributed by atoms with van der Waals surface area (Å²) in [6.07, 6.45) is 0.0882. The highest BCUT2D eigenvalue weighted by Gasteiger charge is 2.19. The van der Waals surface area contributed by atoms with Gasteiger partial charge in [-0.05, 0) is 35.9 Å². The van der Waals surface area contributed by atoms with Crippen molar-refractivity contribution in [3.05, 3.63) is 73.6 Å². The summed E-state index contributed by atoms with van der Waals surface area (Å²) < 4.78 is 32.8. The van der Waals surface area contributed by atoms with Gasteiger partial charge in [-0.3, -0.25) is 4.79 Å². The molecule has 0 aliphatic heterocycles. The summed E-state index contributed by atoms with van der Waals surface area (Å²) >= 11 is 3.33. The zero-order valence-corrected chi connectivity index (χ0v) is 14.5. The van der Waals surface area contributed by atoms with E-state index in [-0.39, 0.29) is 12.0 Å². The number of nitrogens with one attached hydrogen (secondary N) is 1. The van der Waals surface area contributed by atoms with E-state index in [2.05, 4.69) is 30.9 Å². The van der Waals surface area contributed by atoms with Gasteiger partial charge in [0.1, 0.15) is 0 Å². The summed E-state index contributed by atoms with van der Waals surface area (Å²) in [5, 5.41) is 7.37. The summed E-state index contributed by atoms with van der Waals surface area (Å²) in [5.74, 6) is -3.40. The van der Waals surface area contributed by atoms with E-state index in [1.807, 2.05) is 0 Å². The quantitative estimate of drug-likeness (QED) is 0.674. The normalized spacial score (nSPS) is 10.9. The lowest BCUT2D eigenvalue weighted by molar-refractivity contribution is 0.0594. The lowest BCUT2D eigenvalue weighted by Crippen LogP contribution is -2.12. The van der Waals surface area contributed by atoms with E-state index < -0.39 is 23.2 Å². The van der Waals surface area contributed by atoms with E-state index in [4.69, 9.17) is 0 Å². The molecule has 1 aromatic heterocycles. The molecule has 0 unspecified atom stereocenters. The van der Waals surface area contributed by atoms with Crippen LogP contribution in [0.25, 0.3) is 10.8 Å². The minimum atomic E-state index is -1.27. The number of halogens is 3. The molecule has 3 rings (SSSR count). The van der Waals surface area contributed by atoms with Gasteiger partial charge >= 0.3 is 5.97 Å². The van der Waals surface area contributed by atoms with Crippen LogP contribution in [0, 0.1) is 11.6 Å². The lowest BCUT2D eigenvalue weighted by atomic mass is 10.0. The minimum Gasteiger partial charge on any atom is -0.465 e. The summed E-state index contributed by atoms with van der Waals surface area (Å²) in [4.78, 5) is 23.5. The van der Waals surface area contributed by atoms with Crippen LogP contribution in [0.2, 0.25) is 0 Å². The van der Waals surface area contributed by atoms with Gasteiger partial charge in [0.25, 0.3) is 5.56 Å². The smallest absolute Gasteiger partial charge is 0.340 e. The molecule has 0 aliphatic rings. The van der Waals surface area contributed by atoms with Crippen LogP contribution in [0.5, 0.6) is 0 Å². The largest absolute Gasteiger partial charge is 0.465 e. The second-order valence-corrected chi connectivity index (χ2v) is 6.21. The van der Waals surface area contributed by atoms with E-state index in [1.165, 1.54) is 6.07 Å². The van der Waals surface area contributed by atoms with Crippen LogP contribution < -0.4 is 5.56 Å². The fourth-order valence-corrected chi connectivity index (χ4v) is 2.89. The number of methoxy groups -OCH3 is 1. The Bertz CT molecular complexity index is 1050. The Morgan fingerprint density at radius 3 is 2.72 bits per heavy atom. The molecular weight excluding hydrogens is 398 g/mol. The molecule has 128 valence electrons. The molecule has 0 fully saturated rings. The van der Waals surface area contributed by atoms with Crippen molar-refractivity contribution in [1.82, 2.24) is 10.2 Å². The van der Waals surface area contributed by atoms with Crippen molar-refractivity contribution in [1.29, 1.82) is 0 Å². The third kappa shape index (κ3) is 3.30. The number of hydrogen-bond donors (Lipinski definition) is 1. The van der Waals surface area contributed by atoms with Gasteiger partial charge in [0, 0.05) is 16.3 Å². The summed E-state index contributed by atoms with van der Waals surface area (Å²) in [6.45, 7) is 0. The van der Waals surface area contributed by atoms with E-state index in [0.717, 1.165) is 17.6 Å². The topological polar surface area (TPSA) is 72.0 Å².